The number of sulfone groups is 1. The fourth-order valence-electron chi connectivity index (χ4n) is 7.47. The zero-order valence-electron chi connectivity index (χ0n) is 41.1. The minimum atomic E-state index is -3.79. The Morgan fingerprint density at radius 3 is 1.36 bits per heavy atom. The molecule has 19 heteroatoms. The Bertz CT molecular complexity index is 3550. The minimum Gasteiger partial charge on any atom is -0.493 e. The van der Waals surface area contributed by atoms with Crippen LogP contribution >= 0.6 is 23.2 Å². The van der Waals surface area contributed by atoms with Gasteiger partial charge in [-0.3, -0.25) is 23.4 Å². The smallest absolute Gasteiger partial charge is 0.307 e. The average molecular weight is 1120 g/mol. The van der Waals surface area contributed by atoms with Crippen LogP contribution in [0.3, 0.4) is 0 Å². The van der Waals surface area contributed by atoms with Crippen molar-refractivity contribution in [3.05, 3.63) is 225 Å². The van der Waals surface area contributed by atoms with Gasteiger partial charge in [0.1, 0.15) is 11.5 Å². The van der Waals surface area contributed by atoms with Crippen LogP contribution in [0.4, 0.5) is 11.4 Å². The number of benzene rings is 8. The predicted molar refractivity (Wildman–Crippen MR) is 294 cm³/mol. The van der Waals surface area contributed by atoms with Gasteiger partial charge in [-0.25, -0.2) is 8.42 Å². The molecule has 4 N–H and O–H groups in total. The maximum Gasteiger partial charge on any atom is 0.307 e. The second-order valence-corrected chi connectivity index (χ2v) is 21.1. The summed E-state index contributed by atoms with van der Waals surface area (Å²) in [6.07, 6.45) is -0.411. The van der Waals surface area contributed by atoms with Gasteiger partial charge >= 0.3 is 11.9 Å². The van der Waals surface area contributed by atoms with Crippen molar-refractivity contribution in [2.45, 2.75) is 34.1 Å². The van der Waals surface area contributed by atoms with E-state index in [2.05, 4.69) is 10.6 Å². The molecule has 77 heavy (non-hydrogen) atoms. The van der Waals surface area contributed by atoms with Gasteiger partial charge < -0.3 is 39.8 Å². The third-order valence-corrected chi connectivity index (χ3v) is 14.8. The molecule has 0 radical (unpaired) electrons. The van der Waals surface area contributed by atoms with Crippen LogP contribution in [0.5, 0.6) is 34.5 Å². The lowest BCUT2D eigenvalue weighted by atomic mass is 10.1. The number of anilines is 2. The third-order valence-electron chi connectivity index (χ3n) is 11.2. The topological polar surface area (TPSA) is 221 Å². The molecule has 0 aliphatic rings. The third kappa shape index (κ3) is 16.0. The van der Waals surface area contributed by atoms with E-state index in [1.165, 1.54) is 44.6 Å². The van der Waals surface area contributed by atoms with E-state index >= 15 is 0 Å². The van der Waals surface area contributed by atoms with Crippen molar-refractivity contribution < 1.29 is 61.0 Å². The molecule has 0 bridgehead atoms. The Hall–Kier alpha value is -8.48. The van der Waals surface area contributed by atoms with Crippen LogP contribution < -0.4 is 29.6 Å². The maximum absolute atomic E-state index is 13.2. The van der Waals surface area contributed by atoms with Crippen LogP contribution in [0, 0.1) is 0 Å². The SMILES string of the molecule is COc1ccc(CC(=O)O)cc1Oc1ccc(NC(=O)c2ccc(Cl)cc2)cc1CS(=O)(=O)c1ccccc1.COc1ccc(CC(=O)O)cc1Oc1ccc(NC(=O)c2ccc(Cl)cc2)cc1CS(=O)c1ccccc1. The standard InChI is InChI=1S/C29H24ClNO7S.C29H24ClNO6S/c1-37-26-13-7-19(16-28(32)33)15-27(26)38-25-14-12-23(31-29(34)20-8-10-22(30)11-9-20)17-21(25)18-39(35,36)24-5-3-2-4-6-24;1-36-26-13-7-19(16-28(32)33)15-27(26)37-25-14-12-23(31-29(34)20-8-10-22(30)11-9-20)17-21(25)18-38(35)24-5-3-2-4-6-24/h2-15,17H,16,18H2,1H3,(H,31,34)(H,32,33);2-15,17H,16,18H2,1H3,(H,31,34)(H,32,33). The van der Waals surface area contributed by atoms with Crippen molar-refractivity contribution in [3.8, 4) is 34.5 Å². The molecule has 0 aliphatic heterocycles. The van der Waals surface area contributed by atoms with Crippen LogP contribution in [-0.4, -0.2) is 60.8 Å². The molecule has 0 spiro atoms. The quantitative estimate of drug-likeness (QED) is 0.0558. The summed E-state index contributed by atoms with van der Waals surface area (Å²) in [7, 11) is -2.26. The number of rotatable bonds is 20. The van der Waals surface area contributed by atoms with E-state index in [1.54, 1.807) is 133 Å². The molecule has 15 nitrogen and oxygen atoms in total. The number of carboxylic acid groups (broad SMARTS) is 2. The van der Waals surface area contributed by atoms with Gasteiger partial charge in [-0.15, -0.1) is 0 Å². The lowest BCUT2D eigenvalue weighted by Gasteiger charge is -2.16. The first kappa shape index (κ1) is 56.3. The first-order valence-corrected chi connectivity index (χ1v) is 26.9. The number of methoxy groups -OCH3 is 2. The molecule has 0 heterocycles. The van der Waals surface area contributed by atoms with Gasteiger partial charge in [-0.1, -0.05) is 71.7 Å². The summed E-state index contributed by atoms with van der Waals surface area (Å²) in [6, 6.07) is 49.1. The number of carbonyl (C=O) groups excluding carboxylic acids is 2. The molecule has 8 rings (SSSR count). The summed E-state index contributed by atoms with van der Waals surface area (Å²) >= 11 is 11.8. The molecule has 0 aromatic heterocycles. The number of nitrogens with one attached hydrogen (secondary N) is 2. The van der Waals surface area contributed by atoms with Crippen molar-refractivity contribution in [2.24, 2.45) is 0 Å². The van der Waals surface area contributed by atoms with Crippen molar-refractivity contribution in [1.29, 1.82) is 0 Å². The second-order valence-electron chi connectivity index (χ2n) is 16.8. The van der Waals surface area contributed by atoms with Gasteiger partial charge in [0.2, 0.25) is 0 Å². The highest BCUT2D eigenvalue weighted by molar-refractivity contribution is 7.90. The Morgan fingerprint density at radius 2 is 0.922 bits per heavy atom. The van der Waals surface area contributed by atoms with Gasteiger partial charge in [0, 0.05) is 48.6 Å². The monoisotopic (exact) mass is 1110 g/mol. The summed E-state index contributed by atoms with van der Waals surface area (Å²) < 4.78 is 62.7. The highest BCUT2D eigenvalue weighted by atomic mass is 35.5. The number of carbonyl (C=O) groups is 4. The highest BCUT2D eigenvalue weighted by Gasteiger charge is 2.22. The largest absolute Gasteiger partial charge is 0.493 e. The van der Waals surface area contributed by atoms with Gasteiger partial charge in [0.25, 0.3) is 11.8 Å². The van der Waals surface area contributed by atoms with Crippen LogP contribution in [0.25, 0.3) is 0 Å². The first-order chi connectivity index (χ1) is 37.0. The van der Waals surface area contributed by atoms with E-state index in [1.807, 2.05) is 18.2 Å². The normalized spacial score (nSPS) is 11.2. The van der Waals surface area contributed by atoms with Crippen molar-refractivity contribution in [2.75, 3.05) is 24.9 Å². The van der Waals surface area contributed by atoms with E-state index in [4.69, 9.17) is 42.1 Å². The number of ether oxygens (including phenoxy) is 4. The van der Waals surface area contributed by atoms with Crippen LogP contribution in [-0.2, 0) is 54.6 Å². The Balaban J connectivity index is 0.000000224. The van der Waals surface area contributed by atoms with Crippen molar-refractivity contribution in [3.63, 3.8) is 0 Å². The molecule has 0 saturated carbocycles. The Morgan fingerprint density at radius 1 is 0.506 bits per heavy atom. The first-order valence-electron chi connectivity index (χ1n) is 23.2. The second kappa shape index (κ2) is 26.3. The maximum atomic E-state index is 13.2. The molecule has 1 atom stereocenters. The number of aliphatic carboxylic acids is 2. The Labute approximate surface area is 456 Å². The molecule has 394 valence electrons. The van der Waals surface area contributed by atoms with Gasteiger partial charge in [0.05, 0.1) is 54.3 Å². The Kier molecular flexibility index (Phi) is 19.2. The molecule has 8 aromatic carbocycles. The van der Waals surface area contributed by atoms with E-state index < -0.39 is 44.2 Å². The van der Waals surface area contributed by atoms with Crippen LogP contribution in [0.2, 0.25) is 10.0 Å². The fourth-order valence-corrected chi connectivity index (χ4v) is 10.2. The highest BCUT2D eigenvalue weighted by Crippen LogP contribution is 2.38. The van der Waals surface area contributed by atoms with Gasteiger partial charge in [-0.2, -0.15) is 0 Å². The van der Waals surface area contributed by atoms with Crippen LogP contribution in [0.15, 0.2) is 192 Å². The molecular formula is C58H48Cl2N2O13S2. The van der Waals surface area contributed by atoms with Crippen molar-refractivity contribution in [1.82, 2.24) is 0 Å². The molecule has 1 unspecified atom stereocenters. The summed E-state index contributed by atoms with van der Waals surface area (Å²) in [5.41, 5.74) is 3.52. The fraction of sp³-hybridized carbons (Fsp3) is 0.103. The van der Waals surface area contributed by atoms with E-state index in [0.29, 0.717) is 77.1 Å². The van der Waals surface area contributed by atoms with Crippen LogP contribution in [0.1, 0.15) is 43.0 Å². The lowest BCUT2D eigenvalue weighted by molar-refractivity contribution is -0.137. The zero-order chi connectivity index (χ0) is 55.1. The summed E-state index contributed by atoms with van der Waals surface area (Å²) in [4.78, 5) is 48.7. The number of amides is 2. The summed E-state index contributed by atoms with van der Waals surface area (Å²) in [5.74, 6) is -1.15. The van der Waals surface area contributed by atoms with E-state index in [9.17, 15) is 42.0 Å². The molecular weight excluding hydrogens is 1070 g/mol. The summed E-state index contributed by atoms with van der Waals surface area (Å²) in [5, 5.41) is 25.0. The molecule has 8 aromatic rings. The molecule has 2 amide bonds. The number of carboxylic acids is 2. The van der Waals surface area contributed by atoms with Crippen molar-refractivity contribution >= 4 is 79.0 Å². The molecule has 0 saturated heterocycles. The number of halogens is 2. The molecule has 0 aliphatic carbocycles. The molecule has 0 fully saturated rings. The summed E-state index contributed by atoms with van der Waals surface area (Å²) in [6.45, 7) is 0. The predicted octanol–water partition coefficient (Wildman–Crippen LogP) is 12.3. The number of hydrogen-bond acceptors (Lipinski definition) is 11. The minimum absolute atomic E-state index is 0.112. The zero-order valence-corrected chi connectivity index (χ0v) is 44.3. The average Bonchev–Trinajstić information content (AvgIpc) is 3.42. The number of hydrogen-bond donors (Lipinski definition) is 4. The van der Waals surface area contributed by atoms with Gasteiger partial charge in [-0.05, 0) is 145 Å². The lowest BCUT2D eigenvalue weighted by Crippen LogP contribution is -2.12. The van der Waals surface area contributed by atoms with E-state index in [0.717, 1.165) is 0 Å². The van der Waals surface area contributed by atoms with E-state index in [-0.39, 0.29) is 46.5 Å². The van der Waals surface area contributed by atoms with Gasteiger partial charge in [0.15, 0.2) is 32.8 Å².